The molecule has 0 aliphatic carbocycles. The van der Waals surface area contributed by atoms with E-state index in [0.29, 0.717) is 23.9 Å². The molecule has 104 valence electrons. The van der Waals surface area contributed by atoms with Crippen molar-refractivity contribution in [2.45, 2.75) is 50.2 Å². The highest BCUT2D eigenvalue weighted by molar-refractivity contribution is 5.49. The zero-order chi connectivity index (χ0) is 13.4. The smallest absolute Gasteiger partial charge is 0.223 e. The van der Waals surface area contributed by atoms with Crippen LogP contribution in [-0.4, -0.2) is 40.0 Å². The Morgan fingerprint density at radius 1 is 1.21 bits per heavy atom. The Bertz CT molecular complexity index is 428. The minimum atomic E-state index is 0.232. The second-order valence-corrected chi connectivity index (χ2v) is 5.75. The number of hydrogen-bond acceptors (Lipinski definition) is 6. The van der Waals surface area contributed by atoms with E-state index < -0.39 is 0 Å². The highest BCUT2D eigenvalue weighted by Gasteiger charge is 2.35. The van der Waals surface area contributed by atoms with E-state index in [0.717, 1.165) is 18.7 Å². The molecule has 3 rings (SSSR count). The van der Waals surface area contributed by atoms with Crippen molar-refractivity contribution in [3.05, 3.63) is 6.07 Å². The van der Waals surface area contributed by atoms with Gasteiger partial charge in [-0.05, 0) is 32.7 Å². The number of anilines is 3. The summed E-state index contributed by atoms with van der Waals surface area (Å²) in [5.74, 6) is 1.40. The van der Waals surface area contributed by atoms with Crippen LogP contribution >= 0.6 is 0 Å². The first kappa shape index (κ1) is 12.5. The van der Waals surface area contributed by atoms with E-state index in [1.807, 2.05) is 0 Å². The fourth-order valence-electron chi connectivity index (χ4n) is 3.50. The standard InChI is InChI=1S/C13H22N6/c1-19-9-3-2-4-10(19)6-8(5-9)16-12-7-11(14)17-13(15)18-12/h7-10H,2-6H2,1H3,(H5,14,15,16,17,18). The highest BCUT2D eigenvalue weighted by Crippen LogP contribution is 2.33. The summed E-state index contributed by atoms with van der Waals surface area (Å²) in [6.45, 7) is 0. The molecular formula is C13H22N6. The number of aromatic nitrogens is 2. The lowest BCUT2D eigenvalue weighted by Crippen LogP contribution is -2.52. The summed E-state index contributed by atoms with van der Waals surface area (Å²) in [7, 11) is 2.26. The van der Waals surface area contributed by atoms with Gasteiger partial charge in [-0.15, -0.1) is 0 Å². The molecule has 1 aromatic rings. The third-order valence-corrected chi connectivity index (χ3v) is 4.46. The molecular weight excluding hydrogens is 240 g/mol. The van der Waals surface area contributed by atoms with Crippen LogP contribution in [0.2, 0.25) is 0 Å². The number of rotatable bonds is 2. The van der Waals surface area contributed by atoms with Gasteiger partial charge in [-0.2, -0.15) is 9.97 Å². The number of nitrogens with two attached hydrogens (primary N) is 2. The lowest BCUT2D eigenvalue weighted by molar-refractivity contribution is 0.0608. The molecule has 0 aromatic carbocycles. The van der Waals surface area contributed by atoms with Crippen molar-refractivity contribution in [2.75, 3.05) is 23.8 Å². The van der Waals surface area contributed by atoms with E-state index in [9.17, 15) is 0 Å². The molecule has 3 heterocycles. The molecule has 2 bridgehead atoms. The van der Waals surface area contributed by atoms with Gasteiger partial charge < -0.3 is 21.7 Å². The minimum Gasteiger partial charge on any atom is -0.383 e. The number of fused-ring (bicyclic) bond motifs is 2. The fraction of sp³-hybridized carbons (Fsp3) is 0.692. The van der Waals surface area contributed by atoms with Gasteiger partial charge in [0.25, 0.3) is 0 Å². The van der Waals surface area contributed by atoms with Crippen molar-refractivity contribution in [1.29, 1.82) is 0 Å². The van der Waals surface area contributed by atoms with Gasteiger partial charge in [0.15, 0.2) is 0 Å². The maximum Gasteiger partial charge on any atom is 0.223 e. The molecule has 2 unspecified atom stereocenters. The van der Waals surface area contributed by atoms with Crippen LogP contribution in [0.1, 0.15) is 32.1 Å². The summed E-state index contributed by atoms with van der Waals surface area (Å²) in [5, 5.41) is 3.47. The first-order chi connectivity index (χ1) is 9.11. The number of nitrogens with zero attached hydrogens (tertiary/aromatic N) is 3. The number of nitrogen functional groups attached to an aromatic ring is 2. The molecule has 19 heavy (non-hydrogen) atoms. The Morgan fingerprint density at radius 2 is 1.89 bits per heavy atom. The largest absolute Gasteiger partial charge is 0.383 e. The Morgan fingerprint density at radius 3 is 2.53 bits per heavy atom. The zero-order valence-electron chi connectivity index (χ0n) is 11.3. The van der Waals surface area contributed by atoms with Gasteiger partial charge in [0.05, 0.1) is 0 Å². The van der Waals surface area contributed by atoms with Gasteiger partial charge in [0.2, 0.25) is 5.95 Å². The fourth-order valence-corrected chi connectivity index (χ4v) is 3.50. The molecule has 0 radical (unpaired) electrons. The summed E-state index contributed by atoms with van der Waals surface area (Å²) in [6.07, 6.45) is 6.30. The van der Waals surface area contributed by atoms with Crippen molar-refractivity contribution in [2.24, 2.45) is 0 Å². The Kier molecular flexibility index (Phi) is 3.18. The lowest BCUT2D eigenvalue weighted by atomic mass is 9.82. The zero-order valence-corrected chi connectivity index (χ0v) is 11.3. The minimum absolute atomic E-state index is 0.232. The lowest BCUT2D eigenvalue weighted by Gasteiger charge is -2.47. The predicted octanol–water partition coefficient (Wildman–Crippen LogP) is 1.07. The van der Waals surface area contributed by atoms with Gasteiger partial charge >= 0.3 is 0 Å². The monoisotopic (exact) mass is 262 g/mol. The Labute approximate surface area is 113 Å². The van der Waals surface area contributed by atoms with Crippen molar-refractivity contribution >= 4 is 17.6 Å². The molecule has 2 atom stereocenters. The van der Waals surface area contributed by atoms with E-state index >= 15 is 0 Å². The van der Waals surface area contributed by atoms with Crippen LogP contribution in [0.15, 0.2) is 6.07 Å². The first-order valence-electron chi connectivity index (χ1n) is 7.00. The summed E-state index contributed by atoms with van der Waals surface area (Å²) in [5.41, 5.74) is 11.3. The molecule has 2 saturated heterocycles. The van der Waals surface area contributed by atoms with Crippen LogP contribution in [0.4, 0.5) is 17.6 Å². The predicted molar refractivity (Wildman–Crippen MR) is 76.7 cm³/mol. The van der Waals surface area contributed by atoms with Gasteiger partial charge in [0.1, 0.15) is 11.6 Å². The van der Waals surface area contributed by atoms with E-state index in [4.69, 9.17) is 11.5 Å². The van der Waals surface area contributed by atoms with E-state index in [-0.39, 0.29) is 5.95 Å². The van der Waals surface area contributed by atoms with Crippen LogP contribution in [0.5, 0.6) is 0 Å². The van der Waals surface area contributed by atoms with Crippen LogP contribution in [0.3, 0.4) is 0 Å². The summed E-state index contributed by atoms with van der Waals surface area (Å²) in [6, 6.07) is 3.60. The molecule has 2 fully saturated rings. The number of hydrogen-bond donors (Lipinski definition) is 3. The molecule has 6 heteroatoms. The summed E-state index contributed by atoms with van der Waals surface area (Å²) < 4.78 is 0. The number of nitrogens with one attached hydrogen (secondary N) is 1. The van der Waals surface area contributed by atoms with E-state index in [1.54, 1.807) is 6.07 Å². The molecule has 0 amide bonds. The highest BCUT2D eigenvalue weighted by atomic mass is 15.2. The van der Waals surface area contributed by atoms with Crippen molar-refractivity contribution in [3.63, 3.8) is 0 Å². The Hall–Kier alpha value is -1.56. The van der Waals surface area contributed by atoms with Crippen molar-refractivity contribution in [3.8, 4) is 0 Å². The second kappa shape index (κ2) is 4.85. The molecule has 6 nitrogen and oxygen atoms in total. The van der Waals surface area contributed by atoms with Gasteiger partial charge in [-0.3, -0.25) is 0 Å². The number of piperidine rings is 2. The third-order valence-electron chi connectivity index (χ3n) is 4.46. The van der Waals surface area contributed by atoms with Gasteiger partial charge in [0, 0.05) is 24.2 Å². The third kappa shape index (κ3) is 2.58. The summed E-state index contributed by atoms with van der Waals surface area (Å²) >= 11 is 0. The van der Waals surface area contributed by atoms with Crippen LogP contribution in [0.25, 0.3) is 0 Å². The van der Waals surface area contributed by atoms with Crippen molar-refractivity contribution in [1.82, 2.24) is 14.9 Å². The molecule has 5 N–H and O–H groups in total. The maximum absolute atomic E-state index is 5.70. The van der Waals surface area contributed by atoms with E-state index in [2.05, 4.69) is 27.2 Å². The maximum atomic E-state index is 5.70. The van der Waals surface area contributed by atoms with Crippen molar-refractivity contribution < 1.29 is 0 Å². The molecule has 2 aliphatic heterocycles. The normalized spacial score (nSPS) is 31.1. The second-order valence-electron chi connectivity index (χ2n) is 5.75. The average molecular weight is 262 g/mol. The van der Waals surface area contributed by atoms with Crippen LogP contribution < -0.4 is 16.8 Å². The molecule has 2 aliphatic rings. The molecule has 0 saturated carbocycles. The first-order valence-corrected chi connectivity index (χ1v) is 7.00. The van der Waals surface area contributed by atoms with Gasteiger partial charge in [-0.25, -0.2) is 0 Å². The topological polar surface area (TPSA) is 93.1 Å². The van der Waals surface area contributed by atoms with Crippen LogP contribution in [-0.2, 0) is 0 Å². The molecule has 1 aromatic heterocycles. The molecule has 0 spiro atoms. The average Bonchev–Trinajstić information content (AvgIpc) is 2.29. The van der Waals surface area contributed by atoms with Crippen LogP contribution in [0, 0.1) is 0 Å². The Balaban J connectivity index is 1.70. The quantitative estimate of drug-likeness (QED) is 0.738. The van der Waals surface area contributed by atoms with Gasteiger partial charge in [-0.1, -0.05) is 6.42 Å². The summed E-state index contributed by atoms with van der Waals surface area (Å²) in [4.78, 5) is 10.6. The van der Waals surface area contributed by atoms with E-state index in [1.165, 1.54) is 19.3 Å². The SMILES string of the molecule is CN1C2CCCC1CC(Nc1cc(N)nc(N)n1)C2.